The van der Waals surface area contributed by atoms with Gasteiger partial charge in [-0.3, -0.25) is 9.59 Å². The third-order valence-corrected chi connectivity index (χ3v) is 6.09. The number of ether oxygens (including phenoxy) is 2. The summed E-state index contributed by atoms with van der Waals surface area (Å²) in [5.41, 5.74) is 20.3. The van der Waals surface area contributed by atoms with Crippen molar-refractivity contribution in [2.75, 3.05) is 39.5 Å². The maximum absolute atomic E-state index is 10.7. The molecular formula is C20H40BN4O4. The second-order valence-electron chi connectivity index (χ2n) is 8.06. The van der Waals surface area contributed by atoms with E-state index in [2.05, 4.69) is 0 Å². The molecule has 167 valence electrons. The highest BCUT2D eigenvalue weighted by molar-refractivity contribution is 6.04. The molecule has 3 radical (unpaired) electrons. The van der Waals surface area contributed by atoms with E-state index >= 15 is 0 Å². The minimum absolute atomic E-state index is 0. The van der Waals surface area contributed by atoms with Gasteiger partial charge >= 0.3 is 0 Å². The van der Waals surface area contributed by atoms with Crippen molar-refractivity contribution in [2.45, 2.75) is 64.2 Å². The number of carbonyl (C=O) groups is 2. The Kier molecular flexibility index (Phi) is 14.2. The second-order valence-corrected chi connectivity index (χ2v) is 8.06. The van der Waals surface area contributed by atoms with Crippen LogP contribution in [0.15, 0.2) is 0 Å². The van der Waals surface area contributed by atoms with Crippen molar-refractivity contribution < 1.29 is 19.1 Å². The number of primary amides is 2. The van der Waals surface area contributed by atoms with E-state index in [1.807, 2.05) is 0 Å². The minimum atomic E-state index is -1.00. The van der Waals surface area contributed by atoms with Crippen molar-refractivity contribution in [2.24, 2.45) is 33.8 Å². The van der Waals surface area contributed by atoms with Gasteiger partial charge in [0.25, 0.3) is 0 Å². The highest BCUT2D eigenvalue weighted by atomic mass is 16.5. The first kappa shape index (κ1) is 27.8. The van der Waals surface area contributed by atoms with Crippen LogP contribution in [0.5, 0.6) is 0 Å². The van der Waals surface area contributed by atoms with E-state index in [1.54, 1.807) is 0 Å². The average molecular weight is 411 g/mol. The van der Waals surface area contributed by atoms with Gasteiger partial charge in [-0.25, -0.2) is 0 Å². The fourth-order valence-electron chi connectivity index (χ4n) is 3.33. The van der Waals surface area contributed by atoms with Crippen LogP contribution >= 0.6 is 0 Å². The molecule has 0 aromatic carbocycles. The van der Waals surface area contributed by atoms with Gasteiger partial charge in [0.05, 0.1) is 0 Å². The lowest BCUT2D eigenvalue weighted by molar-refractivity contribution is -0.145. The quantitative estimate of drug-likeness (QED) is 0.388. The molecule has 2 aliphatic heterocycles. The Bertz CT molecular complexity index is 409. The third-order valence-electron chi connectivity index (χ3n) is 6.09. The Morgan fingerprint density at radius 2 is 1.00 bits per heavy atom. The van der Waals surface area contributed by atoms with Gasteiger partial charge in [0.15, 0.2) is 0 Å². The predicted octanol–water partition coefficient (Wildman–Crippen LogP) is 0.414. The van der Waals surface area contributed by atoms with Gasteiger partial charge in [-0.2, -0.15) is 0 Å². The van der Waals surface area contributed by atoms with Crippen molar-refractivity contribution in [1.29, 1.82) is 0 Å². The number of amides is 2. The zero-order valence-corrected chi connectivity index (χ0v) is 17.8. The highest BCUT2D eigenvalue weighted by Crippen LogP contribution is 2.40. The van der Waals surface area contributed by atoms with Crippen molar-refractivity contribution >= 4 is 20.2 Å². The first-order chi connectivity index (χ1) is 13.4. The Morgan fingerprint density at radius 1 is 0.655 bits per heavy atom. The summed E-state index contributed by atoms with van der Waals surface area (Å²) >= 11 is 0. The lowest BCUT2D eigenvalue weighted by Gasteiger charge is -2.39. The topological polar surface area (TPSA) is 157 Å². The molecule has 4 fully saturated rings. The lowest BCUT2D eigenvalue weighted by Crippen LogP contribution is -2.52. The predicted molar refractivity (Wildman–Crippen MR) is 115 cm³/mol. The summed E-state index contributed by atoms with van der Waals surface area (Å²) in [5, 5.41) is 0. The molecule has 2 aliphatic carbocycles. The molecule has 0 unspecified atom stereocenters. The van der Waals surface area contributed by atoms with Crippen LogP contribution in [-0.2, 0) is 19.1 Å². The van der Waals surface area contributed by atoms with E-state index in [0.717, 1.165) is 45.9 Å². The van der Waals surface area contributed by atoms with Crippen LogP contribution in [0.1, 0.15) is 64.2 Å². The van der Waals surface area contributed by atoms with Gasteiger partial charge < -0.3 is 32.4 Å². The van der Waals surface area contributed by atoms with Crippen LogP contribution in [0, 0.1) is 10.8 Å². The molecule has 0 spiro atoms. The summed E-state index contributed by atoms with van der Waals surface area (Å²) in [7, 11) is 0. The van der Waals surface area contributed by atoms with Gasteiger partial charge in [0, 0.05) is 34.8 Å². The maximum atomic E-state index is 10.7. The Balaban J connectivity index is 0.000000371. The highest BCUT2D eigenvalue weighted by Gasteiger charge is 2.48. The number of carbonyl (C=O) groups excluding carboxylic acids is 2. The molecule has 4 rings (SSSR count). The molecule has 2 saturated heterocycles. The first-order valence-electron chi connectivity index (χ1n) is 10.6. The second kappa shape index (κ2) is 14.8. The zero-order valence-electron chi connectivity index (χ0n) is 17.8. The molecule has 0 aromatic heterocycles. The average Bonchev–Trinajstić information content (AvgIpc) is 3.33. The summed E-state index contributed by atoms with van der Waals surface area (Å²) in [4.78, 5) is 21.3. The smallest absolute Gasteiger partial charge is 0.233 e. The third kappa shape index (κ3) is 9.03. The number of hydrogen-bond donors (Lipinski definition) is 4. The van der Waals surface area contributed by atoms with Crippen molar-refractivity contribution in [1.82, 2.24) is 0 Å². The molecule has 2 amide bonds. The Morgan fingerprint density at radius 3 is 1.03 bits per heavy atom. The van der Waals surface area contributed by atoms with Crippen LogP contribution in [0.4, 0.5) is 0 Å². The maximum Gasteiger partial charge on any atom is 0.233 e. The standard InChI is InChI=1S/C6H10N2O2.C6H14N2.2C4H8O.B/c7-4(9)6(5(8)10)2-1-3-6;7-4-6(5-8)2-1-3-6;2*1-2-4-5-3-1;/h1-3H2,(H2,7,9)(H2,8,10);1-5,7-8H2;2*1-4H2;. The summed E-state index contributed by atoms with van der Waals surface area (Å²) in [6, 6.07) is 0. The number of nitrogens with two attached hydrogens (primary N) is 4. The van der Waals surface area contributed by atoms with Crippen molar-refractivity contribution in [3.8, 4) is 0 Å². The van der Waals surface area contributed by atoms with Gasteiger partial charge in [0.1, 0.15) is 5.41 Å². The normalized spacial score (nSPS) is 22.4. The SMILES string of the molecule is C1CCOC1.C1CCOC1.NC(=O)C1(C(N)=O)CCC1.NCC1(CN)CCC1.[B]. The van der Waals surface area contributed by atoms with Gasteiger partial charge in [-0.15, -0.1) is 0 Å². The fraction of sp³-hybridized carbons (Fsp3) is 0.900. The van der Waals surface area contributed by atoms with Crippen LogP contribution in [0.3, 0.4) is 0 Å². The molecular weight excluding hydrogens is 371 g/mol. The summed E-state index contributed by atoms with van der Waals surface area (Å²) in [6.07, 6.45) is 10.9. The molecule has 0 bridgehead atoms. The lowest BCUT2D eigenvalue weighted by atomic mass is 9.68. The van der Waals surface area contributed by atoms with Crippen LogP contribution in [0.2, 0.25) is 0 Å². The summed E-state index contributed by atoms with van der Waals surface area (Å²) in [6.45, 7) is 5.56. The van der Waals surface area contributed by atoms with Crippen LogP contribution < -0.4 is 22.9 Å². The molecule has 2 heterocycles. The largest absolute Gasteiger partial charge is 0.381 e. The number of hydrogen-bond acceptors (Lipinski definition) is 6. The van der Waals surface area contributed by atoms with Gasteiger partial charge in [-0.1, -0.05) is 12.8 Å². The van der Waals surface area contributed by atoms with Crippen LogP contribution in [0.25, 0.3) is 0 Å². The van der Waals surface area contributed by atoms with E-state index in [-0.39, 0.29) is 8.41 Å². The molecule has 0 aromatic rings. The monoisotopic (exact) mass is 411 g/mol. The number of rotatable bonds is 4. The molecule has 2 saturated carbocycles. The van der Waals surface area contributed by atoms with Gasteiger partial charge in [0.2, 0.25) is 11.8 Å². The van der Waals surface area contributed by atoms with Crippen LogP contribution in [-0.4, -0.2) is 59.7 Å². The summed E-state index contributed by atoms with van der Waals surface area (Å²) in [5.74, 6) is -1.16. The van der Waals surface area contributed by atoms with E-state index in [0.29, 0.717) is 18.3 Å². The Hall–Kier alpha value is -1.16. The molecule has 8 N–H and O–H groups in total. The van der Waals surface area contributed by atoms with E-state index in [4.69, 9.17) is 32.4 Å². The molecule has 4 aliphatic rings. The zero-order chi connectivity index (χ0) is 20.9. The molecule has 8 nitrogen and oxygen atoms in total. The van der Waals surface area contributed by atoms with Gasteiger partial charge in [-0.05, 0) is 69.9 Å². The van der Waals surface area contributed by atoms with E-state index in [1.165, 1.54) is 44.9 Å². The fourth-order valence-corrected chi connectivity index (χ4v) is 3.33. The first-order valence-corrected chi connectivity index (χ1v) is 10.6. The van der Waals surface area contributed by atoms with Crippen molar-refractivity contribution in [3.05, 3.63) is 0 Å². The van der Waals surface area contributed by atoms with Crippen molar-refractivity contribution in [3.63, 3.8) is 0 Å². The summed E-state index contributed by atoms with van der Waals surface area (Å²) < 4.78 is 9.89. The van der Waals surface area contributed by atoms with E-state index < -0.39 is 17.2 Å². The molecule has 29 heavy (non-hydrogen) atoms. The molecule has 0 atom stereocenters. The molecule has 9 heteroatoms. The Labute approximate surface area is 177 Å². The minimum Gasteiger partial charge on any atom is -0.381 e. The van der Waals surface area contributed by atoms with E-state index in [9.17, 15) is 9.59 Å².